The Morgan fingerprint density at radius 3 is 2.97 bits per heavy atom. The summed E-state index contributed by atoms with van der Waals surface area (Å²) < 4.78 is 0. The lowest BCUT2D eigenvalue weighted by Crippen LogP contribution is -2.36. The number of hydrogen-bond acceptors (Lipinski definition) is 6. The minimum absolute atomic E-state index is 0.296. The summed E-state index contributed by atoms with van der Waals surface area (Å²) in [5, 5.41) is 18.3. The first-order valence-corrected chi connectivity index (χ1v) is 8.87. The third-order valence-electron chi connectivity index (χ3n) is 4.15. The van der Waals surface area contributed by atoms with Gasteiger partial charge < -0.3 is 20.9 Å². The van der Waals surface area contributed by atoms with Gasteiger partial charge in [0.2, 0.25) is 5.91 Å². The van der Waals surface area contributed by atoms with Gasteiger partial charge in [0, 0.05) is 36.1 Å². The van der Waals surface area contributed by atoms with Gasteiger partial charge in [0.1, 0.15) is 23.6 Å². The highest BCUT2D eigenvalue weighted by atomic mass is 16.2. The largest absolute Gasteiger partial charge is 0.369 e. The van der Waals surface area contributed by atoms with Crippen molar-refractivity contribution < 1.29 is 9.59 Å². The van der Waals surface area contributed by atoms with E-state index < -0.39 is 17.9 Å². The van der Waals surface area contributed by atoms with Crippen LogP contribution in [0.3, 0.4) is 0 Å². The Morgan fingerprint density at radius 2 is 2.24 bits per heavy atom. The van der Waals surface area contributed by atoms with Gasteiger partial charge in [0.15, 0.2) is 0 Å². The first-order valence-electron chi connectivity index (χ1n) is 8.87. The first-order chi connectivity index (χ1) is 14.1. The maximum absolute atomic E-state index is 13.1. The molecule has 1 atom stereocenters. The number of nitriles is 1. The Hall–Kier alpha value is -4.19. The van der Waals surface area contributed by atoms with E-state index in [1.165, 1.54) is 12.3 Å². The second-order valence-corrected chi connectivity index (χ2v) is 6.04. The Kier molecular flexibility index (Phi) is 5.85. The van der Waals surface area contributed by atoms with Crippen LogP contribution in [-0.2, 0) is 9.59 Å². The van der Waals surface area contributed by atoms with Crippen LogP contribution in [0.2, 0.25) is 0 Å². The van der Waals surface area contributed by atoms with E-state index in [1.54, 1.807) is 24.5 Å². The van der Waals surface area contributed by atoms with Crippen LogP contribution in [0.25, 0.3) is 11.0 Å². The number of hydrogen-bond donors (Lipinski definition) is 4. The fourth-order valence-electron chi connectivity index (χ4n) is 2.84. The van der Waals surface area contributed by atoms with E-state index in [0.29, 0.717) is 40.2 Å². The van der Waals surface area contributed by atoms with Gasteiger partial charge in [-0.3, -0.25) is 9.59 Å². The average Bonchev–Trinajstić information content (AvgIpc) is 3.17. The van der Waals surface area contributed by atoms with Crippen molar-refractivity contribution >= 4 is 34.4 Å². The maximum Gasteiger partial charge on any atom is 0.251 e. The molecular weight excluding hydrogens is 370 g/mol. The maximum atomic E-state index is 13.1. The fourth-order valence-corrected chi connectivity index (χ4v) is 2.84. The number of anilines is 2. The Morgan fingerprint density at radius 1 is 1.41 bits per heavy atom. The highest BCUT2D eigenvalue weighted by Gasteiger charge is 2.26. The van der Waals surface area contributed by atoms with Crippen molar-refractivity contribution in [2.24, 2.45) is 0 Å². The second-order valence-electron chi connectivity index (χ2n) is 6.04. The van der Waals surface area contributed by atoms with Crippen LogP contribution in [0.1, 0.15) is 24.1 Å². The third kappa shape index (κ3) is 4.22. The van der Waals surface area contributed by atoms with Gasteiger partial charge in [-0.05, 0) is 31.2 Å². The van der Waals surface area contributed by atoms with Crippen molar-refractivity contribution in [2.45, 2.75) is 13.0 Å². The van der Waals surface area contributed by atoms with Crippen LogP contribution in [0.5, 0.6) is 0 Å². The molecule has 0 unspecified atom stereocenters. The van der Waals surface area contributed by atoms with Gasteiger partial charge in [-0.15, -0.1) is 0 Å². The zero-order chi connectivity index (χ0) is 20.8. The van der Waals surface area contributed by atoms with Crippen molar-refractivity contribution in [3.63, 3.8) is 0 Å². The van der Waals surface area contributed by atoms with E-state index in [1.807, 2.05) is 13.0 Å². The summed E-state index contributed by atoms with van der Waals surface area (Å²) in [5.74, 6) is -0.575. The number of nitrogens with one attached hydrogen (secondary N) is 4. The fraction of sp³-hybridized carbons (Fsp3) is 0.150. The molecule has 0 fully saturated rings. The molecule has 0 bridgehead atoms. The lowest BCUT2D eigenvalue weighted by atomic mass is 10.1. The van der Waals surface area contributed by atoms with E-state index in [-0.39, 0.29) is 0 Å². The lowest BCUT2D eigenvalue weighted by Gasteiger charge is -2.19. The molecule has 9 nitrogen and oxygen atoms in total. The summed E-state index contributed by atoms with van der Waals surface area (Å²) in [6, 6.07) is 6.04. The van der Waals surface area contributed by atoms with E-state index in [2.05, 4.69) is 37.5 Å². The van der Waals surface area contributed by atoms with Crippen LogP contribution < -0.4 is 16.0 Å². The van der Waals surface area contributed by atoms with Gasteiger partial charge in [0.25, 0.3) is 5.91 Å². The Bertz CT molecular complexity index is 1110. The molecule has 3 heterocycles. The highest BCUT2D eigenvalue weighted by molar-refractivity contribution is 6.03. The molecule has 0 saturated carbocycles. The monoisotopic (exact) mass is 389 g/mol. The first kappa shape index (κ1) is 19.6. The number of rotatable bonds is 7. The van der Waals surface area contributed by atoms with Gasteiger partial charge in [-0.25, -0.2) is 9.97 Å². The van der Waals surface area contributed by atoms with E-state index in [9.17, 15) is 9.59 Å². The summed E-state index contributed by atoms with van der Waals surface area (Å²) in [5.41, 5.74) is 1.78. The predicted molar refractivity (Wildman–Crippen MR) is 109 cm³/mol. The molecule has 146 valence electrons. The summed E-state index contributed by atoms with van der Waals surface area (Å²) >= 11 is 0. The van der Waals surface area contributed by atoms with Crippen molar-refractivity contribution in [2.75, 3.05) is 17.2 Å². The van der Waals surface area contributed by atoms with E-state index >= 15 is 0 Å². The number of nitrogens with zero attached hydrogens (tertiary/aromatic N) is 3. The smallest absolute Gasteiger partial charge is 0.251 e. The average molecular weight is 389 g/mol. The number of amides is 2. The molecule has 4 N–H and O–H groups in total. The summed E-state index contributed by atoms with van der Waals surface area (Å²) in [6.07, 6.45) is 5.76. The molecular formula is C20H19N7O2. The number of H-pyrrole nitrogens is 1. The minimum Gasteiger partial charge on any atom is -0.369 e. The van der Waals surface area contributed by atoms with Crippen LogP contribution in [0, 0.1) is 11.3 Å². The quantitative estimate of drug-likeness (QED) is 0.458. The van der Waals surface area contributed by atoms with Gasteiger partial charge in [-0.2, -0.15) is 5.26 Å². The third-order valence-corrected chi connectivity index (χ3v) is 4.15. The van der Waals surface area contributed by atoms with Crippen molar-refractivity contribution in [3.05, 3.63) is 60.6 Å². The molecule has 0 aromatic carbocycles. The van der Waals surface area contributed by atoms with Crippen LogP contribution in [0.15, 0.2) is 49.4 Å². The molecule has 2 amide bonds. The zero-order valence-corrected chi connectivity index (χ0v) is 15.7. The second kappa shape index (κ2) is 8.67. The molecule has 0 spiro atoms. The summed E-state index contributed by atoms with van der Waals surface area (Å²) in [7, 11) is 0. The van der Waals surface area contributed by atoms with Crippen molar-refractivity contribution in [1.29, 1.82) is 5.26 Å². The molecule has 3 aromatic rings. The lowest BCUT2D eigenvalue weighted by molar-refractivity contribution is -0.123. The van der Waals surface area contributed by atoms with Gasteiger partial charge >= 0.3 is 0 Å². The molecule has 0 radical (unpaired) electrons. The molecule has 0 saturated heterocycles. The van der Waals surface area contributed by atoms with Crippen LogP contribution >= 0.6 is 0 Å². The number of aromatic amines is 1. The molecule has 3 aromatic heterocycles. The van der Waals surface area contributed by atoms with Crippen LogP contribution in [0.4, 0.5) is 11.5 Å². The SMILES string of the molecule is C=CC(=O)N[C@@H](C(=O)Nc1cc(C#N)cnc1NCC)c1c[nH]c2ncccc12. The number of fused-ring (bicyclic) bond motifs is 1. The molecule has 0 aliphatic carbocycles. The number of pyridine rings is 2. The zero-order valence-electron chi connectivity index (χ0n) is 15.7. The standard InChI is InChI=1S/C20H19N7O2/c1-3-16(28)27-17(14-11-25-18-13(14)6-5-7-23-18)20(29)26-15-8-12(9-21)10-24-19(15)22-4-2/h3,5-8,10-11,17H,1,4H2,2H3,(H,22,24)(H,23,25)(H,26,29)(H,27,28)/t17-/m1/s1. The summed E-state index contributed by atoms with van der Waals surface area (Å²) in [6.45, 7) is 5.90. The highest BCUT2D eigenvalue weighted by Crippen LogP contribution is 2.26. The number of carbonyl (C=O) groups is 2. The normalized spacial score (nSPS) is 11.3. The summed E-state index contributed by atoms with van der Waals surface area (Å²) in [4.78, 5) is 36.5. The minimum atomic E-state index is -1.02. The van der Waals surface area contributed by atoms with E-state index in [0.717, 1.165) is 6.08 Å². The Labute approximate surface area is 166 Å². The Balaban J connectivity index is 1.99. The molecule has 9 heteroatoms. The topological polar surface area (TPSA) is 136 Å². The predicted octanol–water partition coefficient (Wildman–Crippen LogP) is 2.24. The van der Waals surface area contributed by atoms with Crippen LogP contribution in [-0.4, -0.2) is 33.3 Å². The van der Waals surface area contributed by atoms with Gasteiger partial charge in [0.05, 0.1) is 11.3 Å². The molecule has 3 rings (SSSR count). The molecule has 0 aliphatic rings. The van der Waals surface area contributed by atoms with Crippen molar-refractivity contribution in [1.82, 2.24) is 20.3 Å². The van der Waals surface area contributed by atoms with E-state index in [4.69, 9.17) is 5.26 Å². The van der Waals surface area contributed by atoms with Crippen molar-refractivity contribution in [3.8, 4) is 6.07 Å². The molecule has 29 heavy (non-hydrogen) atoms. The molecule has 0 aliphatic heterocycles. The number of aromatic nitrogens is 3. The van der Waals surface area contributed by atoms with Gasteiger partial charge in [-0.1, -0.05) is 6.58 Å². The number of carbonyl (C=O) groups excluding carboxylic acids is 2.